The average Bonchev–Trinajstić information content (AvgIpc) is 3.78. The number of Topliss-reactive ketones (excluding diaryl/α,β-unsaturated/α-hetero) is 2. The molecule has 0 radical (unpaired) electrons. The van der Waals surface area contributed by atoms with E-state index in [1.165, 1.54) is 19.0 Å². The molecule has 10 nitrogen and oxygen atoms in total. The van der Waals surface area contributed by atoms with Gasteiger partial charge in [0.25, 0.3) is 5.91 Å². The number of hydrogen-bond acceptors (Lipinski definition) is 9. The standard InChI is InChI=1S/C34H36F3N3O7/c1-39(2)27-21-11-18-10-20-24(28(42)23(18)30(44)33(21,47)31(45)25(29(27)43)32(38)46)22(41)12-19(26(20)34(35,36)37)15-40(14-17-8-9-17)13-16-6-4-3-5-7-16/h3-7,12,17-18,21,27,41-42,45,47H,8-11,13-15H2,1-2H3,(H2,38,46)/t18-,21-,27-,33-/m0/s1. The second-order valence-corrected chi connectivity index (χ2v) is 13.3. The fraction of sp³-hybridized carbons (Fsp3) is 0.441. The molecule has 2 fully saturated rings. The lowest BCUT2D eigenvalue weighted by Crippen LogP contribution is -2.65. The second-order valence-electron chi connectivity index (χ2n) is 13.3. The normalized spacial score (nSPS) is 26.1. The minimum atomic E-state index is -4.91. The van der Waals surface area contributed by atoms with E-state index in [4.69, 9.17) is 5.73 Å². The van der Waals surface area contributed by atoms with Gasteiger partial charge in [-0.3, -0.25) is 24.2 Å². The van der Waals surface area contributed by atoms with Gasteiger partial charge in [0, 0.05) is 31.1 Å². The van der Waals surface area contributed by atoms with E-state index in [1.807, 2.05) is 35.2 Å². The first kappa shape index (κ1) is 32.7. The molecule has 0 spiro atoms. The molecule has 6 rings (SSSR count). The number of amides is 1. The van der Waals surface area contributed by atoms with Crippen molar-refractivity contribution in [2.75, 3.05) is 20.6 Å². The number of carbonyl (C=O) groups is 3. The first-order chi connectivity index (χ1) is 22.0. The molecule has 0 saturated heterocycles. The Labute approximate surface area is 268 Å². The first-order valence-electron chi connectivity index (χ1n) is 15.4. The largest absolute Gasteiger partial charge is 0.508 e. The van der Waals surface area contributed by atoms with Crippen LogP contribution in [0.1, 0.15) is 47.1 Å². The number of aliphatic hydroxyl groups excluding tert-OH is 2. The number of likely N-dealkylation sites (N-methyl/N-ethyl adjacent to an activating group) is 1. The maximum Gasteiger partial charge on any atom is 0.417 e. The number of ketones is 2. The maximum atomic E-state index is 15.0. The van der Waals surface area contributed by atoms with Crippen LogP contribution in [0, 0.1) is 17.8 Å². The Morgan fingerprint density at radius 2 is 1.72 bits per heavy atom. The maximum absolute atomic E-state index is 15.0. The van der Waals surface area contributed by atoms with Crippen molar-refractivity contribution >= 4 is 23.2 Å². The Kier molecular flexibility index (Phi) is 8.01. The van der Waals surface area contributed by atoms with Gasteiger partial charge in [0.05, 0.1) is 17.2 Å². The molecule has 250 valence electrons. The van der Waals surface area contributed by atoms with Gasteiger partial charge in [-0.05, 0) is 74.4 Å². The van der Waals surface area contributed by atoms with Crippen LogP contribution in [0.4, 0.5) is 13.2 Å². The summed E-state index contributed by atoms with van der Waals surface area (Å²) in [6, 6.07) is 8.93. The van der Waals surface area contributed by atoms with Gasteiger partial charge in [-0.15, -0.1) is 0 Å². The first-order valence-corrected chi connectivity index (χ1v) is 15.4. The summed E-state index contributed by atoms with van der Waals surface area (Å²) in [5.41, 5.74) is -0.311. The lowest BCUT2D eigenvalue weighted by molar-refractivity contribution is -0.153. The molecule has 4 atom stereocenters. The lowest BCUT2D eigenvalue weighted by Gasteiger charge is -2.50. The summed E-state index contributed by atoms with van der Waals surface area (Å²) >= 11 is 0. The van der Waals surface area contributed by atoms with E-state index in [0.29, 0.717) is 19.0 Å². The average molecular weight is 656 g/mol. The number of alkyl halides is 3. The molecule has 13 heteroatoms. The molecule has 2 aromatic rings. The number of nitrogens with zero attached hydrogens (tertiary/aromatic N) is 2. The topological polar surface area (TPSA) is 165 Å². The summed E-state index contributed by atoms with van der Waals surface area (Å²) < 4.78 is 45.1. The molecule has 0 heterocycles. The van der Waals surface area contributed by atoms with Gasteiger partial charge in [0.1, 0.15) is 22.8 Å². The third kappa shape index (κ3) is 5.39. The smallest absolute Gasteiger partial charge is 0.417 e. The summed E-state index contributed by atoms with van der Waals surface area (Å²) in [5, 5.41) is 45.3. The zero-order valence-corrected chi connectivity index (χ0v) is 25.8. The number of hydrogen-bond donors (Lipinski definition) is 5. The Morgan fingerprint density at radius 3 is 2.30 bits per heavy atom. The molecule has 2 aromatic carbocycles. The zero-order valence-electron chi connectivity index (χ0n) is 25.8. The molecule has 4 aliphatic rings. The number of primary amides is 1. The number of fused-ring (bicyclic) bond motifs is 3. The number of aromatic hydroxyl groups is 1. The molecule has 47 heavy (non-hydrogen) atoms. The van der Waals surface area contributed by atoms with Gasteiger partial charge in [-0.2, -0.15) is 13.2 Å². The number of carbonyl (C=O) groups excluding carboxylic acids is 3. The van der Waals surface area contributed by atoms with Crippen LogP contribution in [-0.4, -0.2) is 80.0 Å². The van der Waals surface area contributed by atoms with Crippen molar-refractivity contribution in [2.24, 2.45) is 23.5 Å². The van der Waals surface area contributed by atoms with E-state index < -0.39 is 98.7 Å². The van der Waals surface area contributed by atoms with Gasteiger partial charge < -0.3 is 26.2 Å². The van der Waals surface area contributed by atoms with Gasteiger partial charge in [0.2, 0.25) is 5.78 Å². The van der Waals surface area contributed by atoms with Gasteiger partial charge in [-0.25, -0.2) is 0 Å². The van der Waals surface area contributed by atoms with E-state index in [2.05, 4.69) is 0 Å². The molecule has 2 saturated carbocycles. The molecule has 6 N–H and O–H groups in total. The Morgan fingerprint density at radius 1 is 1.06 bits per heavy atom. The summed E-state index contributed by atoms with van der Waals surface area (Å²) in [7, 11) is 2.89. The van der Waals surface area contributed by atoms with E-state index in [-0.39, 0.29) is 18.5 Å². The Balaban J connectivity index is 1.48. The summed E-state index contributed by atoms with van der Waals surface area (Å²) in [6.45, 7) is 0.792. The molecule has 0 unspecified atom stereocenters. The minimum absolute atomic E-state index is 0.143. The van der Waals surface area contributed by atoms with Crippen molar-refractivity contribution in [3.8, 4) is 5.75 Å². The van der Waals surface area contributed by atoms with Crippen molar-refractivity contribution in [2.45, 2.75) is 56.6 Å². The number of rotatable bonds is 8. The number of halogens is 3. The highest BCUT2D eigenvalue weighted by Crippen LogP contribution is 2.54. The predicted molar refractivity (Wildman–Crippen MR) is 163 cm³/mol. The van der Waals surface area contributed by atoms with Gasteiger partial charge in [0.15, 0.2) is 11.4 Å². The second kappa shape index (κ2) is 11.5. The third-order valence-corrected chi connectivity index (χ3v) is 9.94. The number of benzene rings is 2. The van der Waals surface area contributed by atoms with Crippen LogP contribution in [0.2, 0.25) is 0 Å². The molecule has 0 aromatic heterocycles. The summed E-state index contributed by atoms with van der Waals surface area (Å²) in [5.74, 6) is -8.68. The molecule has 1 amide bonds. The van der Waals surface area contributed by atoms with Crippen LogP contribution < -0.4 is 5.73 Å². The summed E-state index contributed by atoms with van der Waals surface area (Å²) in [4.78, 5) is 42.7. The number of phenols is 1. The SMILES string of the molecule is CN(C)[C@@H]1C(=O)C(C(N)=O)=C(O)[C@@]2(O)C(=O)C3=C(O)c4c(O)cc(CN(Cc5ccccc5)CC5CC5)c(C(F)(F)F)c4C[C@H]3C[C@@H]12. The molecule has 0 aliphatic heterocycles. The highest BCUT2D eigenvalue weighted by molar-refractivity contribution is 6.24. The Hall–Kier alpha value is -4.20. The monoisotopic (exact) mass is 655 g/mol. The van der Waals surface area contributed by atoms with Crippen molar-refractivity contribution in [1.29, 1.82) is 0 Å². The van der Waals surface area contributed by atoms with E-state index >= 15 is 13.2 Å². The molecular weight excluding hydrogens is 619 g/mol. The predicted octanol–water partition coefficient (Wildman–Crippen LogP) is 3.40. The Bertz CT molecular complexity index is 1730. The lowest BCUT2D eigenvalue weighted by atomic mass is 9.57. The highest BCUT2D eigenvalue weighted by Gasteiger charge is 2.64. The number of phenolic OH excluding ortho intramolecular Hbond substituents is 1. The van der Waals surface area contributed by atoms with E-state index in [9.17, 15) is 34.8 Å². The summed E-state index contributed by atoms with van der Waals surface area (Å²) in [6.07, 6.45) is -3.73. The van der Waals surface area contributed by atoms with Crippen molar-refractivity contribution in [1.82, 2.24) is 9.80 Å². The quantitative estimate of drug-likeness (QED) is 0.268. The third-order valence-electron chi connectivity index (χ3n) is 9.94. The molecular formula is C34H36F3N3O7. The zero-order chi connectivity index (χ0) is 34.2. The fourth-order valence-electron chi connectivity index (χ4n) is 7.79. The minimum Gasteiger partial charge on any atom is -0.508 e. The van der Waals surface area contributed by atoms with Gasteiger partial charge in [-0.1, -0.05) is 30.3 Å². The van der Waals surface area contributed by atoms with E-state index in [0.717, 1.165) is 24.5 Å². The van der Waals surface area contributed by atoms with Crippen LogP contribution in [-0.2, 0) is 40.1 Å². The highest BCUT2D eigenvalue weighted by atomic mass is 19.4. The van der Waals surface area contributed by atoms with Crippen LogP contribution in [0.15, 0.2) is 53.3 Å². The van der Waals surface area contributed by atoms with Crippen molar-refractivity contribution < 1.29 is 48.0 Å². The fourth-order valence-corrected chi connectivity index (χ4v) is 7.79. The number of aliphatic hydroxyl groups is 3. The molecule has 0 bridgehead atoms. The number of nitrogens with two attached hydrogens (primary N) is 1. The van der Waals surface area contributed by atoms with Gasteiger partial charge >= 0.3 is 6.18 Å². The van der Waals surface area contributed by atoms with Crippen LogP contribution >= 0.6 is 0 Å². The van der Waals surface area contributed by atoms with Crippen molar-refractivity contribution in [3.63, 3.8) is 0 Å². The van der Waals surface area contributed by atoms with Crippen molar-refractivity contribution in [3.05, 3.63) is 81.1 Å². The molecule has 4 aliphatic carbocycles. The van der Waals surface area contributed by atoms with Crippen LogP contribution in [0.25, 0.3) is 5.76 Å². The van der Waals surface area contributed by atoms with E-state index in [1.54, 1.807) is 0 Å². The van der Waals surface area contributed by atoms with Crippen LogP contribution in [0.3, 0.4) is 0 Å². The van der Waals surface area contributed by atoms with Crippen LogP contribution in [0.5, 0.6) is 5.75 Å².